The van der Waals surface area contributed by atoms with E-state index in [2.05, 4.69) is 21.2 Å². The summed E-state index contributed by atoms with van der Waals surface area (Å²) in [6, 6.07) is 15.4. The fourth-order valence-electron chi connectivity index (χ4n) is 4.07. The summed E-state index contributed by atoms with van der Waals surface area (Å²) in [5.41, 5.74) is 1.01. The first-order valence-corrected chi connectivity index (χ1v) is 13.8. The Morgan fingerprint density at radius 1 is 1.15 bits per heavy atom. The predicted molar refractivity (Wildman–Crippen MR) is 141 cm³/mol. The van der Waals surface area contributed by atoms with Gasteiger partial charge in [-0.1, -0.05) is 58.9 Å². The van der Waals surface area contributed by atoms with Gasteiger partial charge in [0.1, 0.15) is 6.04 Å². The lowest BCUT2D eigenvalue weighted by Gasteiger charge is -2.31. The van der Waals surface area contributed by atoms with E-state index < -0.39 is 6.04 Å². The molecule has 1 saturated carbocycles. The third-order valence-corrected chi connectivity index (χ3v) is 7.82. The van der Waals surface area contributed by atoms with Crippen LogP contribution in [0, 0.1) is 0 Å². The average Bonchev–Trinajstić information content (AvgIpc) is 2.81. The van der Waals surface area contributed by atoms with Crippen LogP contribution in [-0.4, -0.2) is 34.6 Å². The van der Waals surface area contributed by atoms with Gasteiger partial charge in [-0.15, -0.1) is 11.8 Å². The van der Waals surface area contributed by atoms with Gasteiger partial charge in [-0.2, -0.15) is 0 Å². The van der Waals surface area contributed by atoms with Crippen LogP contribution >= 0.6 is 39.3 Å². The Bertz CT molecular complexity index is 919. The quantitative estimate of drug-likeness (QED) is 0.260. The maximum absolute atomic E-state index is 13.2. The smallest absolute Gasteiger partial charge is 0.242 e. The van der Waals surface area contributed by atoms with Gasteiger partial charge in [0.05, 0.1) is 0 Å². The SMILES string of the molecule is CC(C(=O)NC1CCCCC1)N(Cc1cccc(Br)c1)C(=O)CCCSc1ccc(Cl)cc1. The van der Waals surface area contributed by atoms with Crippen LogP contribution < -0.4 is 5.32 Å². The van der Waals surface area contributed by atoms with Crippen molar-refractivity contribution in [2.75, 3.05) is 5.75 Å². The molecule has 178 valence electrons. The Kier molecular flexibility index (Phi) is 10.6. The third kappa shape index (κ3) is 8.66. The molecule has 1 unspecified atom stereocenters. The van der Waals surface area contributed by atoms with Gasteiger partial charge < -0.3 is 10.2 Å². The second-order valence-electron chi connectivity index (χ2n) is 8.58. The normalized spacial score (nSPS) is 15.1. The molecular formula is C26H32BrClN2O2S. The lowest BCUT2D eigenvalue weighted by molar-refractivity contribution is -0.141. The highest BCUT2D eigenvalue weighted by Gasteiger charge is 2.27. The molecule has 0 saturated heterocycles. The first-order chi connectivity index (χ1) is 15.9. The highest BCUT2D eigenvalue weighted by atomic mass is 79.9. The predicted octanol–water partition coefficient (Wildman–Crippen LogP) is 6.84. The number of nitrogens with zero attached hydrogens (tertiary/aromatic N) is 1. The van der Waals surface area contributed by atoms with Gasteiger partial charge in [-0.05, 0) is 73.9 Å². The van der Waals surface area contributed by atoms with Crippen molar-refractivity contribution in [1.29, 1.82) is 0 Å². The lowest BCUT2D eigenvalue weighted by Crippen LogP contribution is -2.50. The van der Waals surface area contributed by atoms with Crippen LogP contribution in [0.2, 0.25) is 5.02 Å². The molecule has 0 heterocycles. The number of nitrogens with one attached hydrogen (secondary N) is 1. The lowest BCUT2D eigenvalue weighted by atomic mass is 9.95. The summed E-state index contributed by atoms with van der Waals surface area (Å²) in [7, 11) is 0. The van der Waals surface area contributed by atoms with Crippen molar-refractivity contribution < 1.29 is 9.59 Å². The summed E-state index contributed by atoms with van der Waals surface area (Å²) in [4.78, 5) is 29.1. The Labute approximate surface area is 215 Å². The van der Waals surface area contributed by atoms with Gasteiger partial charge in [0.15, 0.2) is 0 Å². The zero-order valence-electron chi connectivity index (χ0n) is 19.1. The van der Waals surface area contributed by atoms with Crippen molar-refractivity contribution in [1.82, 2.24) is 10.2 Å². The standard InChI is InChI=1S/C26H32BrClN2O2S/c1-19(26(32)29-23-9-3-2-4-10-23)30(18-20-7-5-8-21(27)17-20)25(31)11-6-16-33-24-14-12-22(28)13-15-24/h5,7-8,12-15,17,19,23H,2-4,6,9-11,16,18H2,1H3,(H,29,32). The van der Waals surface area contributed by atoms with Crippen molar-refractivity contribution in [2.24, 2.45) is 0 Å². The zero-order chi connectivity index (χ0) is 23.6. The molecule has 1 aliphatic rings. The van der Waals surface area contributed by atoms with E-state index in [1.807, 2.05) is 55.5 Å². The largest absolute Gasteiger partial charge is 0.352 e. The van der Waals surface area contributed by atoms with E-state index >= 15 is 0 Å². The molecule has 0 spiro atoms. The molecule has 33 heavy (non-hydrogen) atoms. The first-order valence-electron chi connectivity index (χ1n) is 11.6. The summed E-state index contributed by atoms with van der Waals surface area (Å²) < 4.78 is 0.964. The van der Waals surface area contributed by atoms with Crippen LogP contribution in [0.25, 0.3) is 0 Å². The Balaban J connectivity index is 1.60. The topological polar surface area (TPSA) is 49.4 Å². The Morgan fingerprint density at radius 3 is 2.58 bits per heavy atom. The number of amides is 2. The molecule has 0 bridgehead atoms. The summed E-state index contributed by atoms with van der Waals surface area (Å²) in [6.07, 6.45) is 6.77. The van der Waals surface area contributed by atoms with Gasteiger partial charge in [-0.3, -0.25) is 9.59 Å². The number of rotatable bonds is 10. The van der Waals surface area contributed by atoms with Gasteiger partial charge >= 0.3 is 0 Å². The molecule has 0 aliphatic heterocycles. The van der Waals surface area contributed by atoms with Crippen LogP contribution in [0.5, 0.6) is 0 Å². The number of hydrogen-bond donors (Lipinski definition) is 1. The molecule has 1 fully saturated rings. The van der Waals surface area contributed by atoms with Crippen molar-refractivity contribution in [2.45, 2.75) is 75.4 Å². The highest BCUT2D eigenvalue weighted by Crippen LogP contribution is 2.23. The third-order valence-electron chi connectivity index (χ3n) is 5.98. The fraction of sp³-hybridized carbons (Fsp3) is 0.462. The maximum atomic E-state index is 13.2. The van der Waals surface area contributed by atoms with E-state index in [9.17, 15) is 9.59 Å². The van der Waals surface area contributed by atoms with Crippen molar-refractivity contribution in [3.63, 3.8) is 0 Å². The number of halogens is 2. The molecule has 3 rings (SSSR count). The first kappa shape index (κ1) is 26.1. The van der Waals surface area contributed by atoms with Crippen molar-refractivity contribution in [3.8, 4) is 0 Å². The summed E-state index contributed by atoms with van der Waals surface area (Å²) in [6.45, 7) is 2.26. The van der Waals surface area contributed by atoms with Gasteiger partial charge in [0.25, 0.3) is 0 Å². The molecule has 1 aliphatic carbocycles. The monoisotopic (exact) mass is 550 g/mol. The number of carbonyl (C=O) groups excluding carboxylic acids is 2. The van der Waals surface area contributed by atoms with Gasteiger partial charge in [0.2, 0.25) is 11.8 Å². The second-order valence-corrected chi connectivity index (χ2v) is 11.1. The van der Waals surface area contributed by atoms with Crippen LogP contribution in [0.15, 0.2) is 57.9 Å². The number of hydrogen-bond acceptors (Lipinski definition) is 3. The Hall–Kier alpha value is -1.50. The van der Waals surface area contributed by atoms with Crippen molar-refractivity contribution >= 4 is 51.1 Å². The van der Waals surface area contributed by atoms with Crippen LogP contribution in [-0.2, 0) is 16.1 Å². The molecule has 4 nitrogen and oxygen atoms in total. The highest BCUT2D eigenvalue weighted by molar-refractivity contribution is 9.10. The minimum absolute atomic E-state index is 0.0120. The van der Waals surface area contributed by atoms with Crippen LogP contribution in [0.1, 0.15) is 57.4 Å². The molecule has 0 aromatic heterocycles. The molecule has 2 aromatic rings. The maximum Gasteiger partial charge on any atom is 0.242 e. The van der Waals surface area contributed by atoms with Gasteiger partial charge in [-0.25, -0.2) is 0 Å². The summed E-state index contributed by atoms with van der Waals surface area (Å²) in [5.74, 6) is 0.791. The molecule has 2 aromatic carbocycles. The Morgan fingerprint density at radius 2 is 1.88 bits per heavy atom. The van der Waals surface area contributed by atoms with E-state index in [4.69, 9.17) is 11.6 Å². The molecule has 2 amide bonds. The second kappa shape index (κ2) is 13.4. The number of thioether (sulfide) groups is 1. The number of benzene rings is 2. The molecule has 1 atom stereocenters. The minimum Gasteiger partial charge on any atom is -0.352 e. The van der Waals surface area contributed by atoms with Crippen molar-refractivity contribution in [3.05, 3.63) is 63.6 Å². The van der Waals surface area contributed by atoms with Crippen LogP contribution in [0.4, 0.5) is 0 Å². The summed E-state index contributed by atoms with van der Waals surface area (Å²) in [5, 5.41) is 3.91. The van der Waals surface area contributed by atoms with E-state index in [0.29, 0.717) is 13.0 Å². The molecule has 7 heteroatoms. The van der Waals surface area contributed by atoms with Gasteiger partial charge in [0, 0.05) is 33.4 Å². The average molecular weight is 552 g/mol. The van der Waals surface area contributed by atoms with E-state index in [-0.39, 0.29) is 17.9 Å². The number of carbonyl (C=O) groups is 2. The van der Waals surface area contributed by atoms with E-state index in [0.717, 1.165) is 57.8 Å². The van der Waals surface area contributed by atoms with Crippen LogP contribution in [0.3, 0.4) is 0 Å². The van der Waals surface area contributed by atoms with E-state index in [1.54, 1.807) is 16.7 Å². The molecule has 0 radical (unpaired) electrons. The summed E-state index contributed by atoms with van der Waals surface area (Å²) >= 11 is 11.2. The minimum atomic E-state index is -0.512. The molecular weight excluding hydrogens is 520 g/mol. The van der Waals surface area contributed by atoms with E-state index in [1.165, 1.54) is 6.42 Å². The molecule has 1 N–H and O–H groups in total. The zero-order valence-corrected chi connectivity index (χ0v) is 22.2. The fourth-order valence-corrected chi connectivity index (χ4v) is 5.50.